The van der Waals surface area contributed by atoms with Crippen LogP contribution in [0.2, 0.25) is 0 Å². The highest BCUT2D eigenvalue weighted by atomic mass is 32.2. The summed E-state index contributed by atoms with van der Waals surface area (Å²) in [5.41, 5.74) is 5.62. The fraction of sp³-hybridized carbons (Fsp3) is 0.556. The molecular formula is C18H27N5O4S2. The number of rotatable bonds is 10. The summed E-state index contributed by atoms with van der Waals surface area (Å²) in [6.07, 6.45) is 2.79. The van der Waals surface area contributed by atoms with Crippen molar-refractivity contribution in [3.8, 4) is 0 Å². The van der Waals surface area contributed by atoms with E-state index in [1.54, 1.807) is 18.2 Å². The Kier molecular flexibility index (Phi) is 7.38. The number of nitrogens with two attached hydrogens (primary N) is 1. The highest BCUT2D eigenvalue weighted by Gasteiger charge is 2.42. The summed E-state index contributed by atoms with van der Waals surface area (Å²) in [6.45, 7) is 0.315. The van der Waals surface area contributed by atoms with Gasteiger partial charge in [0, 0.05) is 30.5 Å². The summed E-state index contributed by atoms with van der Waals surface area (Å²) in [7, 11) is -3.74. The average Bonchev–Trinajstić information content (AvgIpc) is 3.23. The Morgan fingerprint density at radius 3 is 2.83 bits per heavy atom. The van der Waals surface area contributed by atoms with Crippen LogP contribution in [0, 0.1) is 0 Å². The third-order valence-corrected chi connectivity index (χ3v) is 8.00. The van der Waals surface area contributed by atoms with Gasteiger partial charge < -0.3 is 21.7 Å². The van der Waals surface area contributed by atoms with Gasteiger partial charge in [0.05, 0.1) is 17.8 Å². The number of amides is 3. The van der Waals surface area contributed by atoms with Crippen LogP contribution >= 0.6 is 11.8 Å². The van der Waals surface area contributed by atoms with E-state index in [1.807, 2.05) is 11.8 Å². The number of hydrogen-bond acceptors (Lipinski definition) is 6. The van der Waals surface area contributed by atoms with Crippen molar-refractivity contribution >= 4 is 39.4 Å². The molecule has 0 radical (unpaired) electrons. The first-order valence-electron chi connectivity index (χ1n) is 9.68. The van der Waals surface area contributed by atoms with Crippen molar-refractivity contribution in [1.82, 2.24) is 15.4 Å². The molecule has 11 heteroatoms. The Morgan fingerprint density at radius 1 is 1.24 bits per heavy atom. The van der Waals surface area contributed by atoms with Gasteiger partial charge in [-0.05, 0) is 25.0 Å². The lowest BCUT2D eigenvalue weighted by Gasteiger charge is -2.16. The second-order valence-electron chi connectivity index (χ2n) is 7.10. The lowest BCUT2D eigenvalue weighted by molar-refractivity contribution is -0.116. The van der Waals surface area contributed by atoms with Gasteiger partial charge in [-0.3, -0.25) is 4.79 Å². The maximum Gasteiger partial charge on any atom is 0.315 e. The second-order valence-corrected chi connectivity index (χ2v) is 10.1. The number of anilines is 1. The van der Waals surface area contributed by atoms with Crippen molar-refractivity contribution in [2.45, 2.75) is 47.9 Å². The van der Waals surface area contributed by atoms with Crippen LogP contribution in [0.15, 0.2) is 29.2 Å². The van der Waals surface area contributed by atoms with Gasteiger partial charge in [0.15, 0.2) is 0 Å². The van der Waals surface area contributed by atoms with Crippen molar-refractivity contribution < 1.29 is 18.0 Å². The number of para-hydroxylation sites is 1. The second kappa shape index (κ2) is 9.79. The zero-order chi connectivity index (χ0) is 20.9. The number of sulfonamides is 1. The number of unbranched alkanes of at least 4 members (excludes halogenated alkanes) is 1. The molecule has 2 heterocycles. The first-order valence-corrected chi connectivity index (χ1v) is 12.2. The fourth-order valence-electron chi connectivity index (χ4n) is 3.56. The molecule has 1 aromatic rings. The minimum atomic E-state index is -3.74. The lowest BCUT2D eigenvalue weighted by atomic mass is 10.0. The van der Waals surface area contributed by atoms with Crippen molar-refractivity contribution in [3.05, 3.63) is 24.3 Å². The molecule has 2 saturated heterocycles. The first kappa shape index (κ1) is 21.9. The van der Waals surface area contributed by atoms with Crippen LogP contribution in [0.1, 0.15) is 25.7 Å². The van der Waals surface area contributed by atoms with Crippen LogP contribution in [0.3, 0.4) is 0 Å². The van der Waals surface area contributed by atoms with E-state index in [-0.39, 0.29) is 47.7 Å². The summed E-state index contributed by atoms with van der Waals surface area (Å²) in [6, 6.07) is 6.57. The van der Waals surface area contributed by atoms with Crippen LogP contribution in [0.4, 0.5) is 10.5 Å². The molecular weight excluding hydrogens is 414 g/mol. The SMILES string of the molecule is NCCNS(=O)(=O)c1ccccc1NC(=O)CCCC[C@@H]1SC[C@@H]2NC(=O)N[C@@H]21. The van der Waals surface area contributed by atoms with Crippen LogP contribution in [-0.4, -0.2) is 56.5 Å². The van der Waals surface area contributed by atoms with Gasteiger partial charge in [0.1, 0.15) is 4.90 Å². The Hall–Kier alpha value is -1.82. The Labute approximate surface area is 175 Å². The topological polar surface area (TPSA) is 142 Å². The number of hydrogen-bond donors (Lipinski definition) is 5. The minimum Gasteiger partial charge on any atom is -0.332 e. The molecule has 2 aliphatic heterocycles. The van der Waals surface area contributed by atoms with Gasteiger partial charge in [0.2, 0.25) is 15.9 Å². The Bertz CT molecular complexity index is 848. The molecule has 9 nitrogen and oxygen atoms in total. The minimum absolute atomic E-state index is 0.0275. The summed E-state index contributed by atoms with van der Waals surface area (Å²) in [4.78, 5) is 23.7. The van der Waals surface area contributed by atoms with E-state index >= 15 is 0 Å². The number of nitrogens with one attached hydrogen (secondary N) is 4. The summed E-state index contributed by atoms with van der Waals surface area (Å²) >= 11 is 1.85. The average molecular weight is 442 g/mol. The number of carbonyl (C=O) groups excluding carboxylic acids is 2. The standard InChI is InChI=1S/C18H27N5O4S2/c19-9-10-20-29(26,27)15-7-3-1-5-12(15)21-16(24)8-4-2-6-14-17-13(11-28-14)22-18(25)23-17/h1,3,5,7,13-14,17,20H,2,4,6,8-11,19H2,(H,21,24)(H2,22,23,25)/t13-,14-,17-/m0/s1. The van der Waals surface area contributed by atoms with E-state index in [9.17, 15) is 18.0 Å². The molecule has 2 fully saturated rings. The van der Waals surface area contributed by atoms with Crippen LogP contribution in [-0.2, 0) is 14.8 Å². The molecule has 0 bridgehead atoms. The molecule has 160 valence electrons. The molecule has 2 aliphatic rings. The van der Waals surface area contributed by atoms with E-state index < -0.39 is 10.0 Å². The number of thioether (sulfide) groups is 1. The Morgan fingerprint density at radius 2 is 2.03 bits per heavy atom. The van der Waals surface area contributed by atoms with E-state index in [0.29, 0.717) is 18.1 Å². The number of carbonyl (C=O) groups is 2. The zero-order valence-electron chi connectivity index (χ0n) is 16.0. The Balaban J connectivity index is 1.46. The van der Waals surface area contributed by atoms with Crippen LogP contribution < -0.4 is 26.4 Å². The molecule has 6 N–H and O–H groups in total. The molecule has 0 aliphatic carbocycles. The molecule has 0 aromatic heterocycles. The van der Waals surface area contributed by atoms with E-state index in [4.69, 9.17) is 5.73 Å². The zero-order valence-corrected chi connectivity index (χ0v) is 17.7. The number of fused-ring (bicyclic) bond motifs is 1. The van der Waals surface area contributed by atoms with Crippen LogP contribution in [0.25, 0.3) is 0 Å². The number of urea groups is 1. The van der Waals surface area contributed by atoms with Crippen LogP contribution in [0.5, 0.6) is 0 Å². The van der Waals surface area contributed by atoms with Gasteiger partial charge in [-0.1, -0.05) is 18.6 Å². The summed E-state index contributed by atoms with van der Waals surface area (Å²) in [5, 5.41) is 8.94. The molecule has 0 saturated carbocycles. The summed E-state index contributed by atoms with van der Waals surface area (Å²) < 4.78 is 27.1. The highest BCUT2D eigenvalue weighted by molar-refractivity contribution is 8.00. The summed E-state index contributed by atoms with van der Waals surface area (Å²) in [5.74, 6) is 0.692. The van der Waals surface area contributed by atoms with E-state index in [2.05, 4.69) is 20.7 Å². The van der Waals surface area contributed by atoms with Gasteiger partial charge >= 0.3 is 6.03 Å². The highest BCUT2D eigenvalue weighted by Crippen LogP contribution is 2.33. The lowest BCUT2D eigenvalue weighted by Crippen LogP contribution is -2.36. The molecule has 3 rings (SSSR count). The third-order valence-electron chi connectivity index (χ3n) is 4.97. The molecule has 29 heavy (non-hydrogen) atoms. The van der Waals surface area contributed by atoms with E-state index in [0.717, 1.165) is 18.6 Å². The smallest absolute Gasteiger partial charge is 0.315 e. The van der Waals surface area contributed by atoms with Crippen molar-refractivity contribution in [1.29, 1.82) is 0 Å². The maximum atomic E-state index is 12.4. The predicted octanol–water partition coefficient (Wildman–Crippen LogP) is 0.588. The molecule has 0 unspecified atom stereocenters. The fourth-order valence-corrected chi connectivity index (χ4v) is 6.31. The van der Waals surface area contributed by atoms with Gasteiger partial charge in [0.25, 0.3) is 0 Å². The van der Waals surface area contributed by atoms with Crippen molar-refractivity contribution in [3.63, 3.8) is 0 Å². The molecule has 3 amide bonds. The maximum absolute atomic E-state index is 12.4. The van der Waals surface area contributed by atoms with Gasteiger partial charge in [-0.2, -0.15) is 11.8 Å². The van der Waals surface area contributed by atoms with Crippen molar-refractivity contribution in [2.75, 3.05) is 24.2 Å². The predicted molar refractivity (Wildman–Crippen MR) is 113 cm³/mol. The van der Waals surface area contributed by atoms with E-state index in [1.165, 1.54) is 6.07 Å². The third kappa shape index (κ3) is 5.62. The molecule has 0 spiro atoms. The molecule has 1 aromatic carbocycles. The van der Waals surface area contributed by atoms with Gasteiger partial charge in [-0.15, -0.1) is 0 Å². The normalized spacial score (nSPS) is 23.3. The van der Waals surface area contributed by atoms with Gasteiger partial charge in [-0.25, -0.2) is 17.9 Å². The molecule has 3 atom stereocenters. The first-order chi connectivity index (χ1) is 13.9. The van der Waals surface area contributed by atoms with Crippen molar-refractivity contribution in [2.24, 2.45) is 5.73 Å². The quantitative estimate of drug-likeness (QED) is 0.266. The largest absolute Gasteiger partial charge is 0.332 e. The monoisotopic (exact) mass is 441 g/mol. The number of benzene rings is 1.